The molecule has 0 saturated heterocycles. The van der Waals surface area contributed by atoms with Gasteiger partial charge in [-0.05, 0) is 44.5 Å². The van der Waals surface area contributed by atoms with Gasteiger partial charge in [0.25, 0.3) is 5.91 Å². The first-order valence-electron chi connectivity index (χ1n) is 8.49. The number of ether oxygens (including phenoxy) is 2. The number of aryl methyl sites for hydroxylation is 1. The van der Waals surface area contributed by atoms with Gasteiger partial charge in [0, 0.05) is 0 Å². The fourth-order valence-corrected chi connectivity index (χ4v) is 3.53. The number of phenols is 1. The summed E-state index contributed by atoms with van der Waals surface area (Å²) in [6.07, 6.45) is 1.66. The van der Waals surface area contributed by atoms with Crippen LogP contribution in [-0.4, -0.2) is 41.4 Å². The highest BCUT2D eigenvalue weighted by Gasteiger charge is 2.32. The number of aromatic nitrogens is 1. The number of carbonyl (C=O) groups is 2. The molecule has 2 aromatic rings. The second-order valence-electron chi connectivity index (χ2n) is 5.92. The maximum Gasteiger partial charge on any atom is 0.350 e. The first-order chi connectivity index (χ1) is 13.3. The van der Waals surface area contributed by atoms with E-state index in [1.165, 1.54) is 18.2 Å². The minimum absolute atomic E-state index is 0.0131. The lowest BCUT2D eigenvalue weighted by Crippen LogP contribution is -2.21. The number of thiazole rings is 1. The number of phenolic OH excluding ortho intramolecular Hbond substituents is 1. The summed E-state index contributed by atoms with van der Waals surface area (Å²) in [5, 5.41) is 15.5. The van der Waals surface area contributed by atoms with Gasteiger partial charge in [-0.15, -0.1) is 0 Å². The Morgan fingerprint density at radius 3 is 2.79 bits per heavy atom. The zero-order valence-corrected chi connectivity index (χ0v) is 16.7. The highest BCUT2D eigenvalue weighted by molar-refractivity contribution is 7.17. The zero-order chi connectivity index (χ0) is 20.4. The van der Waals surface area contributed by atoms with E-state index in [4.69, 9.17) is 9.47 Å². The van der Waals surface area contributed by atoms with Gasteiger partial charge >= 0.3 is 5.97 Å². The van der Waals surface area contributed by atoms with Gasteiger partial charge in [0.05, 0.1) is 30.7 Å². The molecule has 1 N–H and O–H groups in total. The van der Waals surface area contributed by atoms with E-state index in [0.29, 0.717) is 38.3 Å². The molecule has 2 heterocycles. The molecule has 0 bridgehead atoms. The molecule has 1 aromatic carbocycles. The summed E-state index contributed by atoms with van der Waals surface area (Å²) in [6, 6.07) is 4.78. The number of rotatable bonds is 5. The number of methoxy groups -OCH3 is 1. The Hall–Kier alpha value is -3.20. The Morgan fingerprint density at radius 2 is 2.11 bits per heavy atom. The third-order valence-corrected chi connectivity index (χ3v) is 5.12. The third kappa shape index (κ3) is 3.61. The van der Waals surface area contributed by atoms with Crippen LogP contribution < -0.4 is 9.75 Å². The normalized spacial score (nSPS) is 15.1. The van der Waals surface area contributed by atoms with E-state index in [0.717, 1.165) is 11.3 Å². The predicted octanol–water partition coefficient (Wildman–Crippen LogP) is 3.15. The lowest BCUT2D eigenvalue weighted by molar-refractivity contribution is -0.114. The molecule has 0 aliphatic carbocycles. The fraction of sp³-hybridized carbons (Fsp3) is 0.263. The van der Waals surface area contributed by atoms with Crippen molar-refractivity contribution in [2.45, 2.75) is 20.8 Å². The minimum Gasteiger partial charge on any atom is -0.504 e. The van der Waals surface area contributed by atoms with Crippen molar-refractivity contribution in [2.24, 2.45) is 5.10 Å². The van der Waals surface area contributed by atoms with Crippen molar-refractivity contribution < 1.29 is 24.2 Å². The van der Waals surface area contributed by atoms with E-state index in [2.05, 4.69) is 10.1 Å². The second kappa shape index (κ2) is 7.81. The third-order valence-electron chi connectivity index (χ3n) is 4.00. The van der Waals surface area contributed by atoms with Crippen molar-refractivity contribution in [1.29, 1.82) is 0 Å². The number of hydrogen-bond donors (Lipinski definition) is 1. The molecule has 9 heteroatoms. The van der Waals surface area contributed by atoms with Gasteiger partial charge in [-0.25, -0.2) is 9.78 Å². The molecule has 3 rings (SSSR count). The summed E-state index contributed by atoms with van der Waals surface area (Å²) in [6.45, 7) is 5.38. The molecular formula is C19H19N3O5S. The highest BCUT2D eigenvalue weighted by Crippen LogP contribution is 2.32. The average Bonchev–Trinajstić information content (AvgIpc) is 3.18. The number of amides is 1. The largest absolute Gasteiger partial charge is 0.504 e. The molecule has 146 valence electrons. The molecule has 0 unspecified atom stereocenters. The summed E-state index contributed by atoms with van der Waals surface area (Å²) in [5.74, 6) is -0.503. The van der Waals surface area contributed by atoms with Crippen molar-refractivity contribution in [3.63, 3.8) is 0 Å². The second-order valence-corrected chi connectivity index (χ2v) is 6.90. The van der Waals surface area contributed by atoms with Gasteiger partial charge in [0.15, 0.2) is 11.5 Å². The number of esters is 1. The van der Waals surface area contributed by atoms with Crippen molar-refractivity contribution in [2.75, 3.05) is 18.7 Å². The molecule has 0 spiro atoms. The lowest BCUT2D eigenvalue weighted by atomic mass is 10.1. The number of benzene rings is 1. The molecule has 1 aliphatic rings. The Kier molecular flexibility index (Phi) is 5.46. The summed E-state index contributed by atoms with van der Waals surface area (Å²) in [5.41, 5.74) is 2.07. The van der Waals surface area contributed by atoms with E-state index in [1.54, 1.807) is 39.0 Å². The van der Waals surface area contributed by atoms with Crippen LogP contribution in [0.1, 0.15) is 34.8 Å². The number of carbonyl (C=O) groups excluding carboxylic acids is 2. The van der Waals surface area contributed by atoms with Crippen molar-refractivity contribution in [3.8, 4) is 11.5 Å². The van der Waals surface area contributed by atoms with Crippen LogP contribution in [0.15, 0.2) is 28.9 Å². The fourth-order valence-electron chi connectivity index (χ4n) is 2.62. The van der Waals surface area contributed by atoms with Gasteiger partial charge in [0.2, 0.25) is 5.13 Å². The molecule has 8 nitrogen and oxygen atoms in total. The molecule has 0 fully saturated rings. The van der Waals surface area contributed by atoms with E-state index in [1.807, 2.05) is 0 Å². The lowest BCUT2D eigenvalue weighted by Gasteiger charge is -2.07. The summed E-state index contributed by atoms with van der Waals surface area (Å²) < 4.78 is 10.1. The maximum absolute atomic E-state index is 12.9. The van der Waals surface area contributed by atoms with E-state index >= 15 is 0 Å². The summed E-state index contributed by atoms with van der Waals surface area (Å²) in [4.78, 5) is 29.5. The maximum atomic E-state index is 12.9. The van der Waals surface area contributed by atoms with Crippen LogP contribution in [0.25, 0.3) is 6.08 Å². The van der Waals surface area contributed by atoms with Crippen LogP contribution in [0, 0.1) is 6.92 Å². The van der Waals surface area contributed by atoms with Gasteiger partial charge in [0.1, 0.15) is 4.88 Å². The SMILES string of the molecule is CCOC(=O)c1sc(N2N=C(C)C(=Cc3ccc(O)c(OC)c3)C2=O)nc1C. The monoisotopic (exact) mass is 401 g/mol. The molecule has 0 saturated carbocycles. The Balaban J connectivity index is 1.91. The molecule has 1 amide bonds. The first-order valence-corrected chi connectivity index (χ1v) is 9.30. The zero-order valence-electron chi connectivity index (χ0n) is 15.8. The molecule has 28 heavy (non-hydrogen) atoms. The summed E-state index contributed by atoms with van der Waals surface area (Å²) in [7, 11) is 1.45. The molecule has 1 aliphatic heterocycles. The summed E-state index contributed by atoms with van der Waals surface area (Å²) >= 11 is 1.06. The van der Waals surface area contributed by atoms with E-state index < -0.39 is 5.97 Å². The average molecular weight is 401 g/mol. The van der Waals surface area contributed by atoms with Crippen LogP contribution in [0.5, 0.6) is 11.5 Å². The number of anilines is 1. The minimum atomic E-state index is -0.469. The number of hydrazone groups is 1. The van der Waals surface area contributed by atoms with Gasteiger partial charge in [-0.1, -0.05) is 17.4 Å². The van der Waals surface area contributed by atoms with Crippen molar-refractivity contribution in [3.05, 3.63) is 39.9 Å². The first kappa shape index (κ1) is 19.6. The Bertz CT molecular complexity index is 1010. The number of aromatic hydroxyl groups is 1. The molecular weight excluding hydrogens is 382 g/mol. The Labute approximate surface area is 165 Å². The molecule has 0 atom stereocenters. The van der Waals surface area contributed by atoms with Crippen LogP contribution in [-0.2, 0) is 9.53 Å². The van der Waals surface area contributed by atoms with Crippen LogP contribution in [0.2, 0.25) is 0 Å². The van der Waals surface area contributed by atoms with E-state index in [-0.39, 0.29) is 18.3 Å². The highest BCUT2D eigenvalue weighted by atomic mass is 32.1. The van der Waals surface area contributed by atoms with Gasteiger partial charge in [-0.2, -0.15) is 10.1 Å². The van der Waals surface area contributed by atoms with Crippen molar-refractivity contribution >= 4 is 40.1 Å². The van der Waals surface area contributed by atoms with E-state index in [9.17, 15) is 14.7 Å². The van der Waals surface area contributed by atoms with Crippen molar-refractivity contribution in [1.82, 2.24) is 4.98 Å². The quantitative estimate of drug-likeness (QED) is 0.610. The number of nitrogens with zero attached hydrogens (tertiary/aromatic N) is 3. The standard InChI is InChI=1S/C19H19N3O5S/c1-5-27-18(25)16-11(3)20-19(28-16)22-17(24)13(10(2)21-22)8-12-6-7-14(23)15(9-12)26-4/h6-9,23H,5H2,1-4H3. The predicted molar refractivity (Wildman–Crippen MR) is 106 cm³/mol. The Morgan fingerprint density at radius 1 is 1.36 bits per heavy atom. The molecule has 0 radical (unpaired) electrons. The number of hydrogen-bond acceptors (Lipinski definition) is 8. The smallest absolute Gasteiger partial charge is 0.350 e. The van der Waals surface area contributed by atoms with Gasteiger partial charge in [-0.3, -0.25) is 4.79 Å². The van der Waals surface area contributed by atoms with Crippen LogP contribution in [0.3, 0.4) is 0 Å². The topological polar surface area (TPSA) is 101 Å². The van der Waals surface area contributed by atoms with Crippen LogP contribution >= 0.6 is 11.3 Å². The van der Waals surface area contributed by atoms with Gasteiger partial charge < -0.3 is 14.6 Å². The van der Waals surface area contributed by atoms with Crippen LogP contribution in [0.4, 0.5) is 5.13 Å². The molecule has 1 aromatic heterocycles.